The van der Waals surface area contributed by atoms with Gasteiger partial charge in [-0.1, -0.05) is 113 Å². The molecule has 0 bridgehead atoms. The molecule has 212 valence electrons. The zero-order valence-corrected chi connectivity index (χ0v) is 26.2. The Kier molecular flexibility index (Phi) is 6.07. The van der Waals surface area contributed by atoms with Gasteiger partial charge in [0.05, 0.1) is 17.0 Å². The number of imidazole rings is 2. The van der Waals surface area contributed by atoms with Crippen molar-refractivity contribution in [3.05, 3.63) is 133 Å². The molecule has 5 aromatic carbocycles. The van der Waals surface area contributed by atoms with Crippen molar-refractivity contribution >= 4 is 54.6 Å². The predicted octanol–water partition coefficient (Wildman–Crippen LogP) is 9.27. The number of hydrogen-bond donors (Lipinski definition) is 0. The largest absolute Gasteiger partial charge is 2.00 e. The van der Waals surface area contributed by atoms with Gasteiger partial charge in [0.15, 0.2) is 0 Å². The topological polar surface area (TPSA) is 43.8 Å². The summed E-state index contributed by atoms with van der Waals surface area (Å²) in [6.45, 7) is 4.16. The van der Waals surface area contributed by atoms with Gasteiger partial charge in [0.2, 0.25) is 0 Å². The first-order chi connectivity index (χ1) is 21.2. The first kappa shape index (κ1) is 26.6. The third kappa shape index (κ3) is 3.82. The van der Waals surface area contributed by atoms with Crippen LogP contribution in [-0.4, -0.2) is 18.8 Å². The molecule has 44 heavy (non-hydrogen) atoms. The van der Waals surface area contributed by atoms with Crippen LogP contribution in [0.2, 0.25) is 0 Å². The van der Waals surface area contributed by atoms with Gasteiger partial charge in [0.1, 0.15) is 0 Å². The number of nitrogens with zero attached hydrogens (tertiary/aromatic N) is 4. The van der Waals surface area contributed by atoms with E-state index in [0.717, 1.165) is 77.3 Å². The second-order valence-corrected chi connectivity index (χ2v) is 11.0. The summed E-state index contributed by atoms with van der Waals surface area (Å²) in [7, 11) is 0. The molecule has 0 atom stereocenters. The summed E-state index contributed by atoms with van der Waals surface area (Å²) in [5.41, 5.74) is 8.26. The predicted molar refractivity (Wildman–Crippen MR) is 173 cm³/mol. The SMILES string of the molecule is Cc1nc2c3[c-]c(Oc4[c-]c5c(cc4)c4ccccc4n4c(-c6ccccc6)cnc54)ccc3c3ccccc3n2c1C.[Pt+2]. The number of pyridine rings is 2. The van der Waals surface area contributed by atoms with Gasteiger partial charge in [-0.25, -0.2) is 0 Å². The molecule has 9 aromatic rings. The summed E-state index contributed by atoms with van der Waals surface area (Å²) in [4.78, 5) is 9.82. The number of benzene rings is 5. The molecule has 0 saturated heterocycles. The maximum Gasteiger partial charge on any atom is 2.00 e. The van der Waals surface area contributed by atoms with E-state index in [9.17, 15) is 0 Å². The maximum atomic E-state index is 6.46. The molecule has 0 radical (unpaired) electrons. The molecule has 6 heteroatoms. The van der Waals surface area contributed by atoms with Crippen LogP contribution in [0.25, 0.3) is 65.9 Å². The summed E-state index contributed by atoms with van der Waals surface area (Å²) >= 11 is 0. The van der Waals surface area contributed by atoms with Crippen LogP contribution in [0.1, 0.15) is 11.4 Å². The first-order valence-corrected chi connectivity index (χ1v) is 14.4. The molecule has 0 N–H and O–H groups in total. The quantitative estimate of drug-likeness (QED) is 0.134. The van der Waals surface area contributed by atoms with E-state index < -0.39 is 0 Å². The summed E-state index contributed by atoms with van der Waals surface area (Å²) in [5, 5.41) is 6.32. The molecule has 0 unspecified atom stereocenters. The Balaban J connectivity index is 0.00000289. The zero-order chi connectivity index (χ0) is 28.7. The maximum absolute atomic E-state index is 6.46. The van der Waals surface area contributed by atoms with E-state index in [1.807, 2.05) is 24.4 Å². The van der Waals surface area contributed by atoms with Crippen LogP contribution >= 0.6 is 0 Å². The van der Waals surface area contributed by atoms with Crippen molar-refractivity contribution in [3.8, 4) is 22.8 Å². The Morgan fingerprint density at radius 2 is 1.16 bits per heavy atom. The fraction of sp³-hybridized carbons (Fsp3) is 0.0526. The number of aryl methyl sites for hydroxylation is 2. The first-order valence-electron chi connectivity index (χ1n) is 14.4. The smallest absolute Gasteiger partial charge is 0.497 e. The summed E-state index contributed by atoms with van der Waals surface area (Å²) in [6, 6.07) is 42.5. The van der Waals surface area contributed by atoms with E-state index in [2.05, 4.69) is 120 Å². The molecule has 0 aliphatic heterocycles. The normalized spacial score (nSPS) is 11.7. The molecule has 9 rings (SSSR count). The second-order valence-electron chi connectivity index (χ2n) is 11.0. The summed E-state index contributed by atoms with van der Waals surface area (Å²) in [5.74, 6) is 1.22. The van der Waals surface area contributed by atoms with Gasteiger partial charge in [-0.05, 0) is 42.3 Å². The van der Waals surface area contributed by atoms with Crippen molar-refractivity contribution in [2.75, 3.05) is 0 Å². The van der Waals surface area contributed by atoms with Crippen LogP contribution in [-0.2, 0) is 21.1 Å². The minimum atomic E-state index is 0. The number of rotatable bonds is 3. The number of para-hydroxylation sites is 2. The molecular formula is C38H24N4OPt. The Hall–Kier alpha value is -4.99. The minimum absolute atomic E-state index is 0. The van der Waals surface area contributed by atoms with E-state index in [4.69, 9.17) is 14.7 Å². The van der Waals surface area contributed by atoms with E-state index in [-0.39, 0.29) is 21.1 Å². The van der Waals surface area contributed by atoms with E-state index >= 15 is 0 Å². The third-order valence-corrected chi connectivity index (χ3v) is 8.55. The third-order valence-electron chi connectivity index (χ3n) is 8.55. The number of ether oxygens (including phenoxy) is 1. The number of aromatic nitrogens is 4. The molecule has 4 heterocycles. The van der Waals surface area contributed by atoms with Gasteiger partial charge in [-0.15, -0.1) is 12.1 Å². The fourth-order valence-corrected chi connectivity index (χ4v) is 6.44. The van der Waals surface area contributed by atoms with E-state index in [1.54, 1.807) is 0 Å². The molecule has 4 aromatic heterocycles. The van der Waals surface area contributed by atoms with E-state index in [0.29, 0.717) is 11.5 Å². The molecule has 0 aliphatic carbocycles. The van der Waals surface area contributed by atoms with Gasteiger partial charge < -0.3 is 13.5 Å². The van der Waals surface area contributed by atoms with Crippen LogP contribution in [0.4, 0.5) is 0 Å². The van der Waals surface area contributed by atoms with Crippen molar-refractivity contribution in [1.29, 1.82) is 0 Å². The standard InChI is InChI=1S/C38H24N4O.Pt/c1-23-24(2)41-34-14-8-6-12-30(34)29-19-17-27(21-33(29)38(41)40-23)43-26-16-18-28-31-13-7-9-15-35(31)42-36(25-10-4-3-5-11-25)22-39-37(42)32(28)20-26;/h3-19,22H,1-2H3;/q-2;+2. The molecule has 0 saturated carbocycles. The average Bonchev–Trinajstić information content (AvgIpc) is 3.63. The fourth-order valence-electron chi connectivity index (χ4n) is 6.44. The van der Waals surface area contributed by atoms with Crippen molar-refractivity contribution in [2.45, 2.75) is 13.8 Å². The molecule has 5 nitrogen and oxygen atoms in total. The zero-order valence-electron chi connectivity index (χ0n) is 23.9. The van der Waals surface area contributed by atoms with Crippen LogP contribution in [0.3, 0.4) is 0 Å². The number of fused-ring (bicyclic) bond motifs is 12. The van der Waals surface area contributed by atoms with Crippen LogP contribution in [0.15, 0.2) is 109 Å². The summed E-state index contributed by atoms with van der Waals surface area (Å²) < 4.78 is 10.9. The van der Waals surface area contributed by atoms with Gasteiger partial charge in [-0.3, -0.25) is 9.97 Å². The van der Waals surface area contributed by atoms with Gasteiger partial charge in [-0.2, -0.15) is 0 Å². The Morgan fingerprint density at radius 1 is 0.591 bits per heavy atom. The second kappa shape index (κ2) is 10.0. The Morgan fingerprint density at radius 3 is 1.82 bits per heavy atom. The molecule has 0 fully saturated rings. The Bertz CT molecular complexity index is 2570. The van der Waals surface area contributed by atoms with Crippen molar-refractivity contribution in [1.82, 2.24) is 18.8 Å². The molecular weight excluding hydrogens is 724 g/mol. The van der Waals surface area contributed by atoms with Gasteiger partial charge >= 0.3 is 21.1 Å². The molecule has 0 spiro atoms. The summed E-state index contributed by atoms with van der Waals surface area (Å²) in [6.07, 6.45) is 1.94. The number of hydrogen-bond acceptors (Lipinski definition) is 3. The van der Waals surface area contributed by atoms with Crippen molar-refractivity contribution in [3.63, 3.8) is 0 Å². The van der Waals surface area contributed by atoms with Gasteiger partial charge in [0.25, 0.3) is 0 Å². The van der Waals surface area contributed by atoms with E-state index in [1.165, 1.54) is 0 Å². The van der Waals surface area contributed by atoms with Crippen LogP contribution < -0.4 is 4.74 Å². The van der Waals surface area contributed by atoms with Crippen LogP contribution in [0, 0.1) is 26.0 Å². The molecule has 0 amide bonds. The average molecular weight is 748 g/mol. The van der Waals surface area contributed by atoms with Crippen molar-refractivity contribution < 1.29 is 25.8 Å². The van der Waals surface area contributed by atoms with Gasteiger partial charge in [0, 0.05) is 40.1 Å². The minimum Gasteiger partial charge on any atom is -0.497 e. The molecule has 0 aliphatic rings. The monoisotopic (exact) mass is 747 g/mol. The van der Waals surface area contributed by atoms with Crippen molar-refractivity contribution in [2.24, 2.45) is 0 Å². The van der Waals surface area contributed by atoms with Crippen LogP contribution in [0.5, 0.6) is 11.5 Å². The Labute approximate surface area is 267 Å².